The highest BCUT2D eigenvalue weighted by molar-refractivity contribution is 4.87. The Labute approximate surface area is 76.2 Å². The zero-order valence-corrected chi connectivity index (χ0v) is 8.42. The summed E-state index contributed by atoms with van der Waals surface area (Å²) in [6, 6.07) is 0. The number of aliphatic hydroxyl groups is 1. The van der Waals surface area contributed by atoms with Crippen LogP contribution in [0, 0.1) is 11.8 Å². The van der Waals surface area contributed by atoms with Crippen LogP contribution in [0.4, 0.5) is 0 Å². The van der Waals surface area contributed by atoms with Crippen LogP contribution in [0.3, 0.4) is 0 Å². The number of hydrogen-bond donors (Lipinski definition) is 1. The SMILES string of the molecule is CCCCCCC(O)C1CC1C. The second-order valence-corrected chi connectivity index (χ2v) is 4.29. The molecule has 1 fully saturated rings. The van der Waals surface area contributed by atoms with Crippen molar-refractivity contribution in [2.45, 2.75) is 58.5 Å². The number of rotatable bonds is 6. The Balaban J connectivity index is 1.92. The molecule has 12 heavy (non-hydrogen) atoms. The van der Waals surface area contributed by atoms with Gasteiger partial charge >= 0.3 is 0 Å². The Morgan fingerprint density at radius 2 is 2.00 bits per heavy atom. The van der Waals surface area contributed by atoms with E-state index in [1.807, 2.05) is 0 Å². The van der Waals surface area contributed by atoms with Crippen molar-refractivity contribution in [3.8, 4) is 0 Å². The largest absolute Gasteiger partial charge is 0.393 e. The standard InChI is InChI=1S/C11H22O/c1-3-4-5-6-7-11(12)10-8-9(10)2/h9-12H,3-8H2,1-2H3. The minimum absolute atomic E-state index is 0.0110. The zero-order valence-electron chi connectivity index (χ0n) is 8.42. The summed E-state index contributed by atoms with van der Waals surface area (Å²) in [6.45, 7) is 4.46. The summed E-state index contributed by atoms with van der Waals surface area (Å²) in [5.74, 6) is 1.44. The second kappa shape index (κ2) is 4.86. The predicted molar refractivity (Wildman–Crippen MR) is 52.0 cm³/mol. The first-order chi connectivity index (χ1) is 5.75. The van der Waals surface area contributed by atoms with Gasteiger partial charge in [0.2, 0.25) is 0 Å². The van der Waals surface area contributed by atoms with Crippen LogP contribution in [0.1, 0.15) is 52.4 Å². The van der Waals surface area contributed by atoms with Crippen LogP contribution in [0.5, 0.6) is 0 Å². The Hall–Kier alpha value is -0.0400. The van der Waals surface area contributed by atoms with E-state index < -0.39 is 0 Å². The fourth-order valence-corrected chi connectivity index (χ4v) is 1.88. The topological polar surface area (TPSA) is 20.2 Å². The van der Waals surface area contributed by atoms with Crippen molar-refractivity contribution in [2.24, 2.45) is 11.8 Å². The van der Waals surface area contributed by atoms with Gasteiger partial charge in [-0.3, -0.25) is 0 Å². The molecule has 0 aromatic carbocycles. The van der Waals surface area contributed by atoms with E-state index in [1.165, 1.54) is 32.1 Å². The molecule has 1 saturated carbocycles. The summed E-state index contributed by atoms with van der Waals surface area (Å²) in [5, 5.41) is 9.66. The van der Waals surface area contributed by atoms with Gasteiger partial charge in [0, 0.05) is 0 Å². The Bertz CT molecular complexity index is 122. The molecule has 3 atom stereocenters. The molecular weight excluding hydrogens is 148 g/mol. The molecule has 1 aliphatic carbocycles. The average molecular weight is 170 g/mol. The van der Waals surface area contributed by atoms with Crippen LogP contribution in [-0.4, -0.2) is 11.2 Å². The van der Waals surface area contributed by atoms with Crippen molar-refractivity contribution >= 4 is 0 Å². The van der Waals surface area contributed by atoms with Crippen molar-refractivity contribution in [2.75, 3.05) is 0 Å². The summed E-state index contributed by atoms with van der Waals surface area (Å²) >= 11 is 0. The third-order valence-electron chi connectivity index (χ3n) is 3.02. The molecule has 72 valence electrons. The average Bonchev–Trinajstić information content (AvgIpc) is 2.76. The number of hydrogen-bond acceptors (Lipinski definition) is 1. The van der Waals surface area contributed by atoms with Crippen molar-refractivity contribution in [1.82, 2.24) is 0 Å². The lowest BCUT2D eigenvalue weighted by Crippen LogP contribution is -2.09. The molecule has 1 aliphatic rings. The summed E-state index contributed by atoms with van der Waals surface area (Å²) in [5.41, 5.74) is 0. The Kier molecular flexibility index (Phi) is 4.07. The molecule has 0 heterocycles. The van der Waals surface area contributed by atoms with Crippen LogP contribution in [0.2, 0.25) is 0 Å². The maximum absolute atomic E-state index is 9.66. The van der Waals surface area contributed by atoms with Gasteiger partial charge in [-0.2, -0.15) is 0 Å². The van der Waals surface area contributed by atoms with Gasteiger partial charge in [-0.25, -0.2) is 0 Å². The van der Waals surface area contributed by atoms with E-state index in [9.17, 15) is 5.11 Å². The minimum atomic E-state index is 0.0110. The van der Waals surface area contributed by atoms with Crippen LogP contribution >= 0.6 is 0 Å². The summed E-state index contributed by atoms with van der Waals surface area (Å²) in [7, 11) is 0. The summed E-state index contributed by atoms with van der Waals surface area (Å²) < 4.78 is 0. The maximum Gasteiger partial charge on any atom is 0.0571 e. The van der Waals surface area contributed by atoms with Gasteiger partial charge in [0.25, 0.3) is 0 Å². The molecule has 1 nitrogen and oxygen atoms in total. The highest BCUT2D eigenvalue weighted by Gasteiger charge is 2.37. The van der Waals surface area contributed by atoms with E-state index >= 15 is 0 Å². The highest BCUT2D eigenvalue weighted by atomic mass is 16.3. The van der Waals surface area contributed by atoms with Crippen molar-refractivity contribution in [3.05, 3.63) is 0 Å². The van der Waals surface area contributed by atoms with Gasteiger partial charge < -0.3 is 5.11 Å². The van der Waals surface area contributed by atoms with Gasteiger partial charge in [-0.1, -0.05) is 39.5 Å². The smallest absolute Gasteiger partial charge is 0.0571 e. The number of aliphatic hydroxyl groups excluding tert-OH is 1. The van der Waals surface area contributed by atoms with Crippen molar-refractivity contribution in [3.63, 3.8) is 0 Å². The molecule has 1 heteroatoms. The monoisotopic (exact) mass is 170 g/mol. The van der Waals surface area contributed by atoms with E-state index in [0.29, 0.717) is 5.92 Å². The van der Waals surface area contributed by atoms with Crippen LogP contribution < -0.4 is 0 Å². The van der Waals surface area contributed by atoms with E-state index in [2.05, 4.69) is 13.8 Å². The van der Waals surface area contributed by atoms with Gasteiger partial charge in [-0.05, 0) is 24.7 Å². The van der Waals surface area contributed by atoms with Gasteiger partial charge in [0.05, 0.1) is 6.10 Å². The number of unbranched alkanes of at least 4 members (excludes halogenated alkanes) is 3. The highest BCUT2D eigenvalue weighted by Crippen LogP contribution is 2.41. The maximum atomic E-state index is 9.66. The molecule has 1 rings (SSSR count). The molecule has 0 aromatic heterocycles. The molecule has 0 spiro atoms. The molecule has 1 N–H and O–H groups in total. The normalized spacial score (nSPS) is 30.2. The van der Waals surface area contributed by atoms with Crippen molar-refractivity contribution in [1.29, 1.82) is 0 Å². The van der Waals surface area contributed by atoms with E-state index in [1.54, 1.807) is 0 Å². The first-order valence-electron chi connectivity index (χ1n) is 5.43. The molecule has 0 aliphatic heterocycles. The minimum Gasteiger partial charge on any atom is -0.393 e. The summed E-state index contributed by atoms with van der Waals surface area (Å²) in [4.78, 5) is 0. The van der Waals surface area contributed by atoms with Crippen LogP contribution in [0.25, 0.3) is 0 Å². The fraction of sp³-hybridized carbons (Fsp3) is 1.00. The van der Waals surface area contributed by atoms with Crippen LogP contribution in [-0.2, 0) is 0 Å². The van der Waals surface area contributed by atoms with Gasteiger partial charge in [0.1, 0.15) is 0 Å². The van der Waals surface area contributed by atoms with Crippen LogP contribution in [0.15, 0.2) is 0 Å². The first kappa shape index (κ1) is 10.0. The molecule has 0 aromatic rings. The lowest BCUT2D eigenvalue weighted by atomic mass is 10.1. The Morgan fingerprint density at radius 3 is 2.50 bits per heavy atom. The molecular formula is C11H22O. The van der Waals surface area contributed by atoms with E-state index in [0.717, 1.165) is 12.3 Å². The third-order valence-corrected chi connectivity index (χ3v) is 3.02. The van der Waals surface area contributed by atoms with Gasteiger partial charge in [-0.15, -0.1) is 0 Å². The molecule has 0 amide bonds. The van der Waals surface area contributed by atoms with Gasteiger partial charge in [0.15, 0.2) is 0 Å². The predicted octanol–water partition coefficient (Wildman–Crippen LogP) is 2.97. The van der Waals surface area contributed by atoms with E-state index in [-0.39, 0.29) is 6.10 Å². The lowest BCUT2D eigenvalue weighted by molar-refractivity contribution is 0.133. The first-order valence-corrected chi connectivity index (χ1v) is 5.43. The summed E-state index contributed by atoms with van der Waals surface area (Å²) in [6.07, 6.45) is 7.44. The lowest BCUT2D eigenvalue weighted by Gasteiger charge is -2.08. The second-order valence-electron chi connectivity index (χ2n) is 4.29. The third kappa shape index (κ3) is 3.14. The molecule has 3 unspecified atom stereocenters. The molecule has 0 saturated heterocycles. The van der Waals surface area contributed by atoms with E-state index in [4.69, 9.17) is 0 Å². The fourth-order valence-electron chi connectivity index (χ4n) is 1.88. The van der Waals surface area contributed by atoms with Crippen molar-refractivity contribution < 1.29 is 5.11 Å². The molecule has 0 radical (unpaired) electrons. The molecule has 0 bridgehead atoms. The quantitative estimate of drug-likeness (QED) is 0.608. The Morgan fingerprint density at radius 1 is 1.33 bits per heavy atom. The zero-order chi connectivity index (χ0) is 8.97.